The van der Waals surface area contributed by atoms with Gasteiger partial charge in [-0.25, -0.2) is 9.59 Å². The Balaban J connectivity index is 1.57. The molecule has 44 heavy (non-hydrogen) atoms. The van der Waals surface area contributed by atoms with Gasteiger partial charge in [0.25, 0.3) is 11.8 Å². The minimum Gasteiger partial charge on any atom is -0.508 e. The molecule has 0 bridgehead atoms. The Labute approximate surface area is 260 Å². The van der Waals surface area contributed by atoms with E-state index < -0.39 is 41.2 Å². The summed E-state index contributed by atoms with van der Waals surface area (Å²) in [6, 6.07) is 6.70. The summed E-state index contributed by atoms with van der Waals surface area (Å²) in [6.45, 7) is 12.4. The lowest BCUT2D eigenvalue weighted by Gasteiger charge is -2.36. The van der Waals surface area contributed by atoms with Gasteiger partial charge in [-0.05, 0) is 91.3 Å². The summed E-state index contributed by atoms with van der Waals surface area (Å²) in [6.07, 6.45) is 0.133. The van der Waals surface area contributed by atoms with Crippen LogP contribution in [0.15, 0.2) is 24.3 Å². The van der Waals surface area contributed by atoms with E-state index in [4.69, 9.17) is 18.9 Å². The largest absolute Gasteiger partial charge is 0.508 e. The molecule has 2 N–H and O–H groups in total. The van der Waals surface area contributed by atoms with Crippen molar-refractivity contribution in [3.63, 3.8) is 0 Å². The Morgan fingerprint density at radius 1 is 0.841 bits per heavy atom. The van der Waals surface area contributed by atoms with Gasteiger partial charge in [-0.1, -0.05) is 12.1 Å². The molecule has 0 aromatic heterocycles. The first-order valence-electron chi connectivity index (χ1n) is 15.4. The van der Waals surface area contributed by atoms with Gasteiger partial charge in [0.05, 0.1) is 12.2 Å². The summed E-state index contributed by atoms with van der Waals surface area (Å²) in [5, 5.41) is 12.3. The molecule has 246 valence electrons. The first-order chi connectivity index (χ1) is 20.6. The average molecular weight is 620 g/mol. The van der Waals surface area contributed by atoms with Crippen molar-refractivity contribution in [2.45, 2.75) is 103 Å². The number of carbonyl (C=O) groups is 4. The van der Waals surface area contributed by atoms with Crippen molar-refractivity contribution in [1.29, 1.82) is 0 Å². The third-order valence-corrected chi connectivity index (χ3v) is 7.14. The first-order valence-corrected chi connectivity index (χ1v) is 15.4. The second-order valence-electron chi connectivity index (χ2n) is 13.3. The average Bonchev–Trinajstić information content (AvgIpc) is 2.94. The maximum Gasteiger partial charge on any atom is 0.410 e. The van der Waals surface area contributed by atoms with Gasteiger partial charge in [-0.3, -0.25) is 9.59 Å². The van der Waals surface area contributed by atoms with E-state index in [2.05, 4.69) is 5.32 Å². The van der Waals surface area contributed by atoms with Crippen molar-refractivity contribution in [2.75, 3.05) is 39.3 Å². The zero-order valence-electron chi connectivity index (χ0n) is 26.9. The quantitative estimate of drug-likeness (QED) is 0.298. The number of esters is 1. The number of aromatic hydroxyl groups is 1. The normalized spacial score (nSPS) is 17.6. The number of nitrogens with one attached hydrogen (secondary N) is 1. The van der Waals surface area contributed by atoms with Crippen molar-refractivity contribution in [2.24, 2.45) is 0 Å². The number of carbonyl (C=O) groups excluding carboxylic acids is 4. The lowest BCUT2D eigenvalue weighted by molar-refractivity contribution is -0.166. The Hall–Kier alpha value is -3.38. The van der Waals surface area contributed by atoms with E-state index in [1.54, 1.807) is 54.8 Å². The molecule has 0 unspecified atom stereocenters. The van der Waals surface area contributed by atoms with Gasteiger partial charge in [0, 0.05) is 32.7 Å². The molecular formula is C32H49N3O9. The Morgan fingerprint density at radius 2 is 1.39 bits per heavy atom. The number of benzene rings is 1. The number of piperidine rings is 2. The number of ether oxygens (including phenoxy) is 4. The number of likely N-dealkylation sites (tertiary alicyclic amines) is 2. The fourth-order valence-electron chi connectivity index (χ4n) is 4.98. The maximum absolute atomic E-state index is 13.7. The summed E-state index contributed by atoms with van der Waals surface area (Å²) in [5.74, 6) is -1.22. The minimum absolute atomic E-state index is 0.160. The van der Waals surface area contributed by atoms with Gasteiger partial charge in [-0.2, -0.15) is 0 Å². The van der Waals surface area contributed by atoms with Gasteiger partial charge in [0.1, 0.15) is 23.6 Å². The molecule has 12 nitrogen and oxygen atoms in total. The number of hydrogen-bond acceptors (Lipinski definition) is 9. The molecule has 1 atom stereocenters. The van der Waals surface area contributed by atoms with E-state index in [0.717, 1.165) is 5.56 Å². The van der Waals surface area contributed by atoms with Crippen LogP contribution in [-0.2, 0) is 39.8 Å². The fraction of sp³-hybridized carbons (Fsp3) is 0.688. The van der Waals surface area contributed by atoms with Gasteiger partial charge in [0.15, 0.2) is 0 Å². The molecular weight excluding hydrogens is 570 g/mol. The van der Waals surface area contributed by atoms with Crippen LogP contribution in [0.3, 0.4) is 0 Å². The summed E-state index contributed by atoms with van der Waals surface area (Å²) in [7, 11) is 0. The molecule has 2 aliphatic heterocycles. The molecule has 12 heteroatoms. The van der Waals surface area contributed by atoms with Gasteiger partial charge in [-0.15, -0.1) is 0 Å². The SMILES string of the molecule is CC(C)(C)OC(=O)COC1CCN(C(=O)[C@@H](OC2CCN(C(=O)OC(C)(C)C)CC2)C(=O)NCCc2ccc(O)cc2)CC1. The molecule has 0 aliphatic carbocycles. The highest BCUT2D eigenvalue weighted by Crippen LogP contribution is 2.21. The van der Waals surface area contributed by atoms with Crippen molar-refractivity contribution >= 4 is 23.9 Å². The van der Waals surface area contributed by atoms with Crippen molar-refractivity contribution < 1.29 is 43.2 Å². The van der Waals surface area contributed by atoms with Crippen LogP contribution in [0.2, 0.25) is 0 Å². The summed E-state index contributed by atoms with van der Waals surface area (Å²) in [4.78, 5) is 54.7. The molecule has 3 amide bonds. The maximum atomic E-state index is 13.7. The number of phenolic OH excluding ortho intramolecular Hbond substituents is 1. The zero-order chi connectivity index (χ0) is 32.5. The van der Waals surface area contributed by atoms with Crippen LogP contribution >= 0.6 is 0 Å². The fourth-order valence-corrected chi connectivity index (χ4v) is 4.98. The molecule has 2 fully saturated rings. The number of phenols is 1. The minimum atomic E-state index is -1.34. The summed E-state index contributed by atoms with van der Waals surface area (Å²) < 4.78 is 22.7. The number of nitrogens with zero attached hydrogens (tertiary/aromatic N) is 2. The smallest absolute Gasteiger partial charge is 0.410 e. The van der Waals surface area contributed by atoms with Crippen LogP contribution in [0.4, 0.5) is 4.79 Å². The molecule has 1 aromatic carbocycles. The van der Waals surface area contributed by atoms with Crippen molar-refractivity contribution in [3.05, 3.63) is 29.8 Å². The number of rotatable bonds is 10. The van der Waals surface area contributed by atoms with Gasteiger partial charge < -0.3 is 39.2 Å². The Bertz CT molecular complexity index is 1110. The van der Waals surface area contributed by atoms with Crippen molar-refractivity contribution in [3.8, 4) is 5.75 Å². The van der Waals surface area contributed by atoms with E-state index in [-0.39, 0.29) is 31.1 Å². The van der Waals surface area contributed by atoms with Crippen LogP contribution < -0.4 is 5.32 Å². The summed E-state index contributed by atoms with van der Waals surface area (Å²) >= 11 is 0. The highest BCUT2D eigenvalue weighted by Gasteiger charge is 2.37. The van der Waals surface area contributed by atoms with E-state index in [1.165, 1.54) is 0 Å². The Morgan fingerprint density at radius 3 is 1.95 bits per heavy atom. The van der Waals surface area contributed by atoms with Crippen LogP contribution in [0.5, 0.6) is 5.75 Å². The third-order valence-electron chi connectivity index (χ3n) is 7.14. The van der Waals surface area contributed by atoms with E-state index in [0.29, 0.717) is 58.3 Å². The van der Waals surface area contributed by atoms with E-state index in [1.807, 2.05) is 20.8 Å². The lowest BCUT2D eigenvalue weighted by atomic mass is 10.1. The highest BCUT2D eigenvalue weighted by atomic mass is 16.6. The molecule has 3 rings (SSSR count). The predicted octanol–water partition coefficient (Wildman–Crippen LogP) is 3.18. The lowest BCUT2D eigenvalue weighted by Crippen LogP contribution is -2.54. The topological polar surface area (TPSA) is 144 Å². The second kappa shape index (κ2) is 15.6. The molecule has 2 aliphatic rings. The number of hydrogen-bond donors (Lipinski definition) is 2. The zero-order valence-corrected chi connectivity index (χ0v) is 26.9. The van der Waals surface area contributed by atoms with Crippen LogP contribution in [0, 0.1) is 0 Å². The predicted molar refractivity (Wildman–Crippen MR) is 162 cm³/mol. The van der Waals surface area contributed by atoms with Crippen molar-refractivity contribution in [1.82, 2.24) is 15.1 Å². The van der Waals surface area contributed by atoms with E-state index >= 15 is 0 Å². The molecule has 2 saturated heterocycles. The summed E-state index contributed by atoms with van der Waals surface area (Å²) in [5.41, 5.74) is -0.272. The van der Waals surface area contributed by atoms with Gasteiger partial charge >= 0.3 is 12.1 Å². The van der Waals surface area contributed by atoms with Crippen LogP contribution in [0.25, 0.3) is 0 Å². The van der Waals surface area contributed by atoms with Gasteiger partial charge in [0.2, 0.25) is 6.10 Å². The highest BCUT2D eigenvalue weighted by molar-refractivity contribution is 6.03. The molecule has 0 spiro atoms. The molecule has 0 saturated carbocycles. The monoisotopic (exact) mass is 619 g/mol. The van der Waals surface area contributed by atoms with Crippen LogP contribution in [-0.4, -0.2) is 108 Å². The van der Waals surface area contributed by atoms with E-state index in [9.17, 15) is 24.3 Å². The molecule has 0 radical (unpaired) electrons. The molecule has 1 aromatic rings. The molecule has 2 heterocycles. The first kappa shape index (κ1) is 35.1. The van der Waals surface area contributed by atoms with Crippen LogP contribution in [0.1, 0.15) is 72.8 Å². The standard InChI is InChI=1S/C32H49N3O9/c1-31(2,3)43-26(37)21-41-24-12-17-34(18-13-24)29(39)27(28(38)33-16-11-22-7-9-23(36)10-8-22)42-25-14-19-35(20-15-25)30(40)44-32(4,5)6/h7-10,24-25,27,36H,11-21H2,1-6H3,(H,33,38)/t27-/m0/s1. The number of amides is 3. The second-order valence-corrected chi connectivity index (χ2v) is 13.3. The third kappa shape index (κ3) is 12.0. The Kier molecular flexibility index (Phi) is 12.4.